The highest BCUT2D eigenvalue weighted by Crippen LogP contribution is 2.41. The second kappa shape index (κ2) is 4.75. The Labute approximate surface area is 122 Å². The smallest absolute Gasteiger partial charge is 0.257 e. The Morgan fingerprint density at radius 2 is 2.26 bits per heavy atom. The molecule has 98 valence electrons. The van der Waals surface area contributed by atoms with Gasteiger partial charge in [-0.15, -0.1) is 10.2 Å². The summed E-state index contributed by atoms with van der Waals surface area (Å²) < 4.78 is 0.782. The molecule has 0 radical (unpaired) electrons. The first-order valence-electron chi connectivity index (χ1n) is 5.35. The molecule has 8 heteroatoms. The van der Waals surface area contributed by atoms with Crippen molar-refractivity contribution in [3.63, 3.8) is 0 Å². The van der Waals surface area contributed by atoms with E-state index in [-0.39, 0.29) is 0 Å². The molecule has 5 nitrogen and oxygen atoms in total. The van der Waals surface area contributed by atoms with Crippen LogP contribution in [0.1, 0.15) is 16.7 Å². The van der Waals surface area contributed by atoms with Crippen LogP contribution in [0.15, 0.2) is 21.4 Å². The summed E-state index contributed by atoms with van der Waals surface area (Å²) in [6, 6.07) is 3.35. The summed E-state index contributed by atoms with van der Waals surface area (Å²) in [5.74, 6) is -0.431. The van der Waals surface area contributed by atoms with Crippen molar-refractivity contribution in [1.82, 2.24) is 10.2 Å². The van der Waals surface area contributed by atoms with E-state index in [4.69, 9.17) is 11.6 Å². The number of aromatic nitrogens is 2. The number of rotatable bonds is 2. The molecule has 1 aromatic heterocycles. The number of carbonyl (C=O) groups excluding carboxylic acids is 1. The molecule has 1 aliphatic rings. The van der Waals surface area contributed by atoms with Gasteiger partial charge < -0.3 is 10.4 Å². The summed E-state index contributed by atoms with van der Waals surface area (Å²) >= 11 is 9.02. The Morgan fingerprint density at radius 3 is 2.95 bits per heavy atom. The minimum absolute atomic E-state index is 0.431. The molecule has 19 heavy (non-hydrogen) atoms. The minimum Gasteiger partial charge on any atom is -0.378 e. The van der Waals surface area contributed by atoms with Gasteiger partial charge in [-0.05, 0) is 19.1 Å². The van der Waals surface area contributed by atoms with Crippen LogP contribution in [0.4, 0.5) is 5.69 Å². The average molecular weight is 314 g/mol. The van der Waals surface area contributed by atoms with Crippen LogP contribution in [0.5, 0.6) is 0 Å². The lowest BCUT2D eigenvalue weighted by Gasteiger charge is -2.06. The molecule has 0 spiro atoms. The number of aryl methyl sites for hydroxylation is 1. The van der Waals surface area contributed by atoms with Crippen molar-refractivity contribution < 1.29 is 9.90 Å². The number of carbonyl (C=O) groups is 1. The van der Waals surface area contributed by atoms with Gasteiger partial charge >= 0.3 is 0 Å². The fourth-order valence-corrected chi connectivity index (χ4v) is 3.84. The van der Waals surface area contributed by atoms with E-state index in [0.29, 0.717) is 16.3 Å². The van der Waals surface area contributed by atoms with E-state index in [1.165, 1.54) is 23.1 Å². The van der Waals surface area contributed by atoms with E-state index in [1.54, 1.807) is 12.1 Å². The molecule has 1 amide bonds. The minimum atomic E-state index is -1.14. The molecule has 1 aliphatic heterocycles. The van der Waals surface area contributed by atoms with Gasteiger partial charge in [0.2, 0.25) is 0 Å². The number of benzene rings is 1. The normalized spacial score (nSPS) is 17.4. The van der Waals surface area contributed by atoms with Crippen LogP contribution in [0.3, 0.4) is 0 Å². The summed E-state index contributed by atoms with van der Waals surface area (Å²) in [6.45, 7) is 1.88. The van der Waals surface area contributed by atoms with E-state index in [0.717, 1.165) is 14.2 Å². The molecule has 0 fully saturated rings. The number of hydrogen-bond acceptors (Lipinski definition) is 6. The summed E-state index contributed by atoms with van der Waals surface area (Å²) in [5.41, 5.74) is 1.10. The molecule has 0 saturated carbocycles. The standard InChI is InChI=1S/C11H8ClN3O2S2/c1-4-14-15-11(18-4)19-8-3-7-5(2-6(8)12)9(16)10(17)13-7/h2-3,9,16H,1H3,(H,13,17). The molecular weight excluding hydrogens is 306 g/mol. The van der Waals surface area contributed by atoms with E-state index in [9.17, 15) is 9.90 Å². The lowest BCUT2D eigenvalue weighted by atomic mass is 10.1. The van der Waals surface area contributed by atoms with E-state index in [2.05, 4.69) is 15.5 Å². The maximum absolute atomic E-state index is 11.4. The van der Waals surface area contributed by atoms with Crippen LogP contribution >= 0.6 is 34.7 Å². The van der Waals surface area contributed by atoms with Gasteiger partial charge in [0.05, 0.1) is 5.02 Å². The number of nitrogens with one attached hydrogen (secondary N) is 1. The van der Waals surface area contributed by atoms with Crippen molar-refractivity contribution >= 4 is 46.3 Å². The van der Waals surface area contributed by atoms with Gasteiger partial charge in [0.15, 0.2) is 10.4 Å². The molecule has 2 heterocycles. The molecule has 3 rings (SSSR count). The predicted molar refractivity (Wildman–Crippen MR) is 73.8 cm³/mol. The van der Waals surface area contributed by atoms with Crippen LogP contribution in [-0.2, 0) is 4.79 Å². The van der Waals surface area contributed by atoms with Gasteiger partial charge in [-0.2, -0.15) is 0 Å². The first-order valence-corrected chi connectivity index (χ1v) is 7.36. The highest BCUT2D eigenvalue weighted by Gasteiger charge is 2.29. The number of fused-ring (bicyclic) bond motifs is 1. The van der Waals surface area contributed by atoms with Crippen molar-refractivity contribution in [2.45, 2.75) is 22.3 Å². The van der Waals surface area contributed by atoms with Gasteiger partial charge in [-0.3, -0.25) is 4.79 Å². The average Bonchev–Trinajstić information content (AvgIpc) is 2.87. The van der Waals surface area contributed by atoms with Crippen molar-refractivity contribution in [2.75, 3.05) is 5.32 Å². The molecule has 1 aromatic carbocycles. The lowest BCUT2D eigenvalue weighted by molar-refractivity contribution is -0.123. The molecular formula is C11H8ClN3O2S2. The number of aliphatic hydroxyl groups excluding tert-OH is 1. The second-order valence-electron chi connectivity index (χ2n) is 3.95. The number of aliphatic hydroxyl groups is 1. The lowest BCUT2D eigenvalue weighted by Crippen LogP contribution is -2.10. The molecule has 2 aromatic rings. The van der Waals surface area contributed by atoms with Crippen molar-refractivity contribution in [3.8, 4) is 0 Å². The van der Waals surface area contributed by atoms with Crippen LogP contribution in [0.2, 0.25) is 5.02 Å². The quantitative estimate of drug-likeness (QED) is 0.891. The molecule has 1 unspecified atom stereocenters. The second-order valence-corrected chi connectivity index (χ2v) is 6.83. The van der Waals surface area contributed by atoms with Gasteiger partial charge in [0, 0.05) is 16.1 Å². The number of amides is 1. The van der Waals surface area contributed by atoms with Crippen LogP contribution in [0.25, 0.3) is 0 Å². The molecule has 0 saturated heterocycles. The SMILES string of the molecule is Cc1nnc(Sc2cc3c(cc2Cl)C(O)C(=O)N3)s1. The fraction of sp³-hybridized carbons (Fsp3) is 0.182. The van der Waals surface area contributed by atoms with E-state index in [1.807, 2.05) is 6.92 Å². The Balaban J connectivity index is 1.96. The van der Waals surface area contributed by atoms with E-state index < -0.39 is 12.0 Å². The number of nitrogens with zero attached hydrogens (tertiary/aromatic N) is 2. The summed E-state index contributed by atoms with van der Waals surface area (Å²) in [5, 5.41) is 21.6. The van der Waals surface area contributed by atoms with Gasteiger partial charge in [0.1, 0.15) is 5.01 Å². The summed E-state index contributed by atoms with van der Waals surface area (Å²) in [7, 11) is 0. The van der Waals surface area contributed by atoms with Crippen LogP contribution < -0.4 is 5.32 Å². The van der Waals surface area contributed by atoms with Crippen molar-refractivity contribution in [2.24, 2.45) is 0 Å². The van der Waals surface area contributed by atoms with E-state index >= 15 is 0 Å². The highest BCUT2D eigenvalue weighted by molar-refractivity contribution is 8.01. The van der Waals surface area contributed by atoms with Gasteiger partial charge in [-0.25, -0.2) is 0 Å². The van der Waals surface area contributed by atoms with Crippen molar-refractivity contribution in [1.29, 1.82) is 0 Å². The first-order chi connectivity index (χ1) is 9.04. The largest absolute Gasteiger partial charge is 0.378 e. The third-order valence-electron chi connectivity index (χ3n) is 2.61. The Hall–Kier alpha value is -1.15. The zero-order valence-electron chi connectivity index (χ0n) is 9.68. The zero-order valence-corrected chi connectivity index (χ0v) is 12.1. The van der Waals surface area contributed by atoms with Gasteiger partial charge in [0.25, 0.3) is 5.91 Å². The maximum Gasteiger partial charge on any atom is 0.257 e. The number of hydrogen-bond donors (Lipinski definition) is 2. The fourth-order valence-electron chi connectivity index (χ4n) is 1.74. The predicted octanol–water partition coefficient (Wildman–Crippen LogP) is 2.64. The Bertz CT molecular complexity index is 674. The third kappa shape index (κ3) is 2.34. The molecule has 0 bridgehead atoms. The summed E-state index contributed by atoms with van der Waals surface area (Å²) in [6.07, 6.45) is -1.14. The van der Waals surface area contributed by atoms with Crippen LogP contribution in [-0.4, -0.2) is 21.2 Å². The van der Waals surface area contributed by atoms with Crippen LogP contribution in [0, 0.1) is 6.92 Å². The van der Waals surface area contributed by atoms with Gasteiger partial charge in [-0.1, -0.05) is 34.7 Å². The zero-order chi connectivity index (χ0) is 13.6. The topological polar surface area (TPSA) is 75.1 Å². The third-order valence-corrected chi connectivity index (χ3v) is 4.98. The highest BCUT2D eigenvalue weighted by atomic mass is 35.5. The van der Waals surface area contributed by atoms with Crippen molar-refractivity contribution in [3.05, 3.63) is 27.7 Å². The summed E-state index contributed by atoms with van der Waals surface area (Å²) in [4.78, 5) is 12.2. The monoisotopic (exact) mass is 313 g/mol. The Morgan fingerprint density at radius 1 is 1.47 bits per heavy atom. The number of anilines is 1. The molecule has 0 aliphatic carbocycles. The Kier molecular flexibility index (Phi) is 3.22. The maximum atomic E-state index is 11.4. The number of halogens is 1. The first kappa shape index (κ1) is 12.9. The molecule has 2 N–H and O–H groups in total. The molecule has 1 atom stereocenters.